The van der Waals surface area contributed by atoms with Crippen molar-refractivity contribution in [2.24, 2.45) is 0 Å². The minimum Gasteiger partial charge on any atom is -0.367 e. The van der Waals surface area contributed by atoms with Gasteiger partial charge in [0.15, 0.2) is 0 Å². The summed E-state index contributed by atoms with van der Waals surface area (Å²) in [4.78, 5) is 8.73. The summed E-state index contributed by atoms with van der Waals surface area (Å²) in [6.07, 6.45) is 4.33. The number of nitrogens with zero attached hydrogens (tertiary/aromatic N) is 2. The summed E-state index contributed by atoms with van der Waals surface area (Å²) in [6.45, 7) is 2.12. The normalized spacial score (nSPS) is 17.1. The van der Waals surface area contributed by atoms with Gasteiger partial charge in [0.05, 0.1) is 0 Å². The highest BCUT2D eigenvalue weighted by atomic mass is 35.5. The van der Waals surface area contributed by atoms with E-state index in [1.165, 1.54) is 24.3 Å². The van der Waals surface area contributed by atoms with Crippen molar-refractivity contribution < 1.29 is 0 Å². The van der Waals surface area contributed by atoms with Gasteiger partial charge in [-0.15, -0.1) is 0 Å². The Morgan fingerprint density at radius 3 is 2.88 bits per heavy atom. The molecule has 0 aromatic carbocycles. The third kappa shape index (κ3) is 4.03. The smallest absolute Gasteiger partial charge is 0.134 e. The van der Waals surface area contributed by atoms with Gasteiger partial charge in [-0.25, -0.2) is 9.97 Å². The molecule has 0 bridgehead atoms. The Labute approximate surface area is 112 Å². The van der Waals surface area contributed by atoms with Gasteiger partial charge in [0, 0.05) is 18.5 Å². The summed E-state index contributed by atoms with van der Waals surface area (Å²) in [5.41, 5.74) is 0. The lowest BCUT2D eigenvalue weighted by Gasteiger charge is -2.23. The Morgan fingerprint density at radius 2 is 2.18 bits per heavy atom. The van der Waals surface area contributed by atoms with E-state index in [0.717, 1.165) is 24.5 Å². The molecular weight excluding hydrogens is 254 g/mol. The molecule has 0 atom stereocenters. The van der Waals surface area contributed by atoms with Gasteiger partial charge >= 0.3 is 0 Å². The van der Waals surface area contributed by atoms with Crippen LogP contribution in [0.4, 0.5) is 5.82 Å². The lowest BCUT2D eigenvalue weighted by Crippen LogP contribution is -2.25. The number of aromatic nitrogens is 2. The van der Waals surface area contributed by atoms with E-state index in [0.29, 0.717) is 11.2 Å². The maximum Gasteiger partial charge on any atom is 0.134 e. The van der Waals surface area contributed by atoms with Crippen molar-refractivity contribution in [3.05, 3.63) is 17.0 Å². The van der Waals surface area contributed by atoms with Crippen LogP contribution in [0.25, 0.3) is 0 Å². The summed E-state index contributed by atoms with van der Waals surface area (Å²) in [7, 11) is 0. The molecule has 2 rings (SSSR count). The molecule has 1 saturated heterocycles. The maximum absolute atomic E-state index is 6.01. The van der Waals surface area contributed by atoms with Gasteiger partial charge in [-0.1, -0.05) is 18.5 Å². The summed E-state index contributed by atoms with van der Waals surface area (Å²) in [6, 6.07) is 2.36. The third-order valence-corrected chi connectivity index (χ3v) is 4.03. The molecule has 1 aromatic heterocycles. The number of thioether (sulfide) groups is 1. The standard InChI is InChI=1S/C12H18ClN3S/c1-2-3-11-15-10(13)8-12(16-11)14-9-4-6-17-7-5-9/h8-9H,2-7H2,1H3,(H,14,15,16). The van der Waals surface area contributed by atoms with E-state index < -0.39 is 0 Å². The predicted octanol–water partition coefficient (Wildman–Crippen LogP) is 3.39. The monoisotopic (exact) mass is 271 g/mol. The zero-order valence-corrected chi connectivity index (χ0v) is 11.7. The molecule has 0 radical (unpaired) electrons. The molecule has 1 aliphatic rings. The van der Waals surface area contributed by atoms with E-state index in [-0.39, 0.29) is 0 Å². The van der Waals surface area contributed by atoms with Gasteiger partial charge in [-0.2, -0.15) is 11.8 Å². The Bertz CT molecular complexity index is 367. The quantitative estimate of drug-likeness (QED) is 0.852. The molecule has 0 aliphatic carbocycles. The van der Waals surface area contributed by atoms with Crippen molar-refractivity contribution in [2.45, 2.75) is 38.6 Å². The van der Waals surface area contributed by atoms with Crippen LogP contribution in [0.1, 0.15) is 32.0 Å². The Balaban J connectivity index is 2.03. The lowest BCUT2D eigenvalue weighted by atomic mass is 10.1. The molecule has 2 heterocycles. The Morgan fingerprint density at radius 1 is 1.41 bits per heavy atom. The molecule has 17 heavy (non-hydrogen) atoms. The average molecular weight is 272 g/mol. The molecular formula is C12H18ClN3S. The fourth-order valence-electron chi connectivity index (χ4n) is 1.93. The lowest BCUT2D eigenvalue weighted by molar-refractivity contribution is 0.662. The van der Waals surface area contributed by atoms with Crippen LogP contribution in [-0.4, -0.2) is 27.5 Å². The van der Waals surface area contributed by atoms with Gasteiger partial charge in [-0.05, 0) is 30.8 Å². The molecule has 1 aromatic rings. The van der Waals surface area contributed by atoms with E-state index in [1.54, 1.807) is 0 Å². The first-order valence-corrected chi connectivity index (χ1v) is 7.69. The van der Waals surface area contributed by atoms with Crippen molar-refractivity contribution in [3.8, 4) is 0 Å². The number of anilines is 1. The predicted molar refractivity (Wildman–Crippen MR) is 75.0 cm³/mol. The first kappa shape index (κ1) is 13.0. The van der Waals surface area contributed by atoms with E-state index >= 15 is 0 Å². The highest BCUT2D eigenvalue weighted by Gasteiger charge is 2.14. The van der Waals surface area contributed by atoms with Crippen LogP contribution < -0.4 is 5.32 Å². The topological polar surface area (TPSA) is 37.8 Å². The molecule has 1 N–H and O–H groups in total. The highest BCUT2D eigenvalue weighted by molar-refractivity contribution is 7.99. The second kappa shape index (κ2) is 6.45. The average Bonchev–Trinajstić information content (AvgIpc) is 2.30. The van der Waals surface area contributed by atoms with E-state index in [2.05, 4.69) is 22.2 Å². The molecule has 1 fully saturated rings. The van der Waals surface area contributed by atoms with E-state index in [4.69, 9.17) is 11.6 Å². The first-order chi connectivity index (χ1) is 8.28. The minimum absolute atomic E-state index is 0.538. The second-order valence-corrected chi connectivity index (χ2v) is 5.89. The van der Waals surface area contributed by atoms with Crippen molar-refractivity contribution >= 4 is 29.2 Å². The van der Waals surface area contributed by atoms with Crippen LogP contribution in [0.3, 0.4) is 0 Å². The number of hydrogen-bond donors (Lipinski definition) is 1. The van der Waals surface area contributed by atoms with Crippen LogP contribution in [0.5, 0.6) is 0 Å². The molecule has 3 nitrogen and oxygen atoms in total. The molecule has 0 unspecified atom stereocenters. The number of aryl methyl sites for hydroxylation is 1. The largest absolute Gasteiger partial charge is 0.367 e. The number of hydrogen-bond acceptors (Lipinski definition) is 4. The van der Waals surface area contributed by atoms with Gasteiger partial charge in [-0.3, -0.25) is 0 Å². The minimum atomic E-state index is 0.538. The summed E-state index contributed by atoms with van der Waals surface area (Å²) in [5, 5.41) is 4.01. The number of halogens is 1. The van der Waals surface area contributed by atoms with Crippen molar-refractivity contribution in [1.29, 1.82) is 0 Å². The van der Waals surface area contributed by atoms with Crippen LogP contribution in [-0.2, 0) is 6.42 Å². The molecule has 0 spiro atoms. The zero-order valence-electron chi connectivity index (χ0n) is 10.1. The summed E-state index contributed by atoms with van der Waals surface area (Å²) in [5.74, 6) is 4.19. The van der Waals surface area contributed by atoms with Gasteiger partial charge in [0.2, 0.25) is 0 Å². The molecule has 0 amide bonds. The SMILES string of the molecule is CCCc1nc(Cl)cc(NC2CCSCC2)n1. The Hall–Kier alpha value is -0.480. The Kier molecular flexibility index (Phi) is 4.92. The fourth-order valence-corrected chi connectivity index (χ4v) is 3.23. The van der Waals surface area contributed by atoms with Crippen LogP contribution in [0.15, 0.2) is 6.07 Å². The van der Waals surface area contributed by atoms with Crippen LogP contribution in [0.2, 0.25) is 5.15 Å². The second-order valence-electron chi connectivity index (χ2n) is 4.27. The number of nitrogens with one attached hydrogen (secondary N) is 1. The van der Waals surface area contributed by atoms with Gasteiger partial charge in [0.1, 0.15) is 16.8 Å². The maximum atomic E-state index is 6.01. The number of rotatable bonds is 4. The van der Waals surface area contributed by atoms with E-state index in [1.807, 2.05) is 17.8 Å². The first-order valence-electron chi connectivity index (χ1n) is 6.15. The van der Waals surface area contributed by atoms with Crippen molar-refractivity contribution in [2.75, 3.05) is 16.8 Å². The van der Waals surface area contributed by atoms with Crippen LogP contribution in [0, 0.1) is 0 Å². The molecule has 1 aliphatic heterocycles. The molecule has 94 valence electrons. The summed E-state index contributed by atoms with van der Waals surface area (Å²) >= 11 is 8.03. The van der Waals surface area contributed by atoms with E-state index in [9.17, 15) is 0 Å². The summed E-state index contributed by atoms with van der Waals surface area (Å²) < 4.78 is 0. The fraction of sp³-hybridized carbons (Fsp3) is 0.667. The van der Waals surface area contributed by atoms with Crippen LogP contribution >= 0.6 is 23.4 Å². The third-order valence-electron chi connectivity index (χ3n) is 2.79. The zero-order chi connectivity index (χ0) is 12.1. The van der Waals surface area contributed by atoms with Crippen molar-refractivity contribution in [1.82, 2.24) is 9.97 Å². The molecule has 0 saturated carbocycles. The van der Waals surface area contributed by atoms with Gasteiger partial charge < -0.3 is 5.32 Å². The molecule has 5 heteroatoms. The van der Waals surface area contributed by atoms with Crippen molar-refractivity contribution in [3.63, 3.8) is 0 Å². The van der Waals surface area contributed by atoms with Gasteiger partial charge in [0.25, 0.3) is 0 Å². The highest BCUT2D eigenvalue weighted by Crippen LogP contribution is 2.21.